The smallest absolute Gasteiger partial charge is 0.344 e. The highest BCUT2D eigenvalue weighted by molar-refractivity contribution is 6.25. The third-order valence-corrected chi connectivity index (χ3v) is 8.86. The first-order chi connectivity index (χ1) is 16.8. The lowest BCUT2D eigenvalue weighted by Crippen LogP contribution is -2.32. The van der Waals surface area contributed by atoms with Crippen molar-refractivity contribution in [1.82, 2.24) is 0 Å². The fourth-order valence-corrected chi connectivity index (χ4v) is 6.88. The fraction of sp³-hybridized carbons (Fsp3) is 0.667. The Balaban J connectivity index is 1.23. The summed E-state index contributed by atoms with van der Waals surface area (Å²) in [7, 11) is 0. The first-order valence-electron chi connectivity index (χ1n) is 12.8. The molecule has 0 radical (unpaired) electrons. The zero-order valence-electron chi connectivity index (χ0n) is 19.7. The van der Waals surface area contributed by atoms with Gasteiger partial charge in [0.2, 0.25) is 5.82 Å². The van der Waals surface area contributed by atoms with Crippen LogP contribution in [0.4, 0.5) is 22.0 Å². The van der Waals surface area contributed by atoms with E-state index in [9.17, 15) is 26.7 Å². The topological polar surface area (TPSA) is 26.3 Å². The summed E-state index contributed by atoms with van der Waals surface area (Å²) in [5.41, 5.74) is 0.125. The van der Waals surface area contributed by atoms with Gasteiger partial charge in [-0.05, 0) is 107 Å². The van der Waals surface area contributed by atoms with E-state index in [2.05, 4.69) is 6.08 Å². The van der Waals surface area contributed by atoms with Gasteiger partial charge in [0.25, 0.3) is 0 Å². The first kappa shape index (κ1) is 26.4. The van der Waals surface area contributed by atoms with E-state index in [-0.39, 0.29) is 0 Å². The van der Waals surface area contributed by atoms with Crippen LogP contribution >= 0.6 is 11.6 Å². The van der Waals surface area contributed by atoms with Crippen LogP contribution in [0.15, 0.2) is 11.6 Å². The molecular formula is C27H32ClF5O2. The molecule has 3 saturated carbocycles. The number of rotatable bonds is 5. The number of ether oxygens (including phenoxy) is 1. The average molecular weight is 519 g/mol. The lowest BCUT2D eigenvalue weighted by Gasteiger charge is -2.41. The van der Waals surface area contributed by atoms with Crippen LogP contribution in [0.25, 0.3) is 0 Å². The molecule has 8 heteroatoms. The zero-order chi connectivity index (χ0) is 25.1. The zero-order valence-corrected chi connectivity index (χ0v) is 20.4. The Kier molecular flexibility index (Phi) is 8.77. The van der Waals surface area contributed by atoms with Gasteiger partial charge in [-0.3, -0.25) is 0 Å². The van der Waals surface area contributed by atoms with Crippen molar-refractivity contribution in [2.24, 2.45) is 29.6 Å². The molecule has 0 spiro atoms. The Morgan fingerprint density at radius 3 is 1.43 bits per heavy atom. The number of hydrogen-bond acceptors (Lipinski definition) is 2. The van der Waals surface area contributed by atoms with E-state index >= 15 is 0 Å². The molecular weight excluding hydrogens is 487 g/mol. The van der Waals surface area contributed by atoms with E-state index in [0.717, 1.165) is 24.7 Å². The molecule has 0 N–H and O–H groups in total. The van der Waals surface area contributed by atoms with Gasteiger partial charge in [0.1, 0.15) is 11.7 Å². The molecule has 1 aromatic rings. The Morgan fingerprint density at radius 1 is 0.629 bits per heavy atom. The molecule has 1 aromatic carbocycles. The van der Waals surface area contributed by atoms with Crippen LogP contribution in [0.3, 0.4) is 0 Å². The summed E-state index contributed by atoms with van der Waals surface area (Å²) in [6.45, 7) is 0. The maximum atomic E-state index is 13.9. The van der Waals surface area contributed by atoms with Crippen LogP contribution in [0.2, 0.25) is 0 Å². The Morgan fingerprint density at radius 2 is 1.00 bits per heavy atom. The highest BCUT2D eigenvalue weighted by Gasteiger charge is 2.36. The van der Waals surface area contributed by atoms with E-state index in [1.807, 2.05) is 0 Å². The van der Waals surface area contributed by atoms with Gasteiger partial charge < -0.3 is 4.74 Å². The molecule has 0 aromatic heterocycles. The predicted molar refractivity (Wildman–Crippen MR) is 123 cm³/mol. The van der Waals surface area contributed by atoms with Crippen molar-refractivity contribution in [3.8, 4) is 0 Å². The normalized spacial score (nSPS) is 32.1. The summed E-state index contributed by atoms with van der Waals surface area (Å²) in [5.74, 6) is -9.00. The number of halogens is 6. The second-order valence-corrected chi connectivity index (χ2v) is 10.8. The minimum Gasteiger partial charge on any atom is -0.459 e. The number of allylic oxidation sites excluding steroid dienone is 1. The summed E-state index contributed by atoms with van der Waals surface area (Å²) < 4.78 is 73.0. The van der Waals surface area contributed by atoms with Gasteiger partial charge in [0, 0.05) is 5.54 Å². The molecule has 3 aliphatic rings. The van der Waals surface area contributed by atoms with Gasteiger partial charge in [0.05, 0.1) is 0 Å². The molecule has 0 heterocycles. The van der Waals surface area contributed by atoms with Crippen LogP contribution < -0.4 is 0 Å². The third-order valence-electron chi connectivity index (χ3n) is 8.72. The van der Waals surface area contributed by atoms with Gasteiger partial charge in [-0.15, -0.1) is 0 Å². The van der Waals surface area contributed by atoms with E-state index in [4.69, 9.17) is 16.3 Å². The van der Waals surface area contributed by atoms with Gasteiger partial charge in [-0.25, -0.2) is 26.7 Å². The van der Waals surface area contributed by atoms with Crippen molar-refractivity contribution < 1.29 is 31.5 Å². The van der Waals surface area contributed by atoms with Crippen molar-refractivity contribution in [1.29, 1.82) is 0 Å². The standard InChI is InChI=1S/C27H32ClF5O2/c28-14-13-15-1-3-16(4-2-15)17-5-7-18(8-6-17)19-9-11-20(12-10-19)35-27(34)21-22(29)24(31)26(33)25(32)23(21)30/h13-20H,1-12H2/b14-13+. The quantitative estimate of drug-likeness (QED) is 0.169. The van der Waals surface area contributed by atoms with Crippen molar-refractivity contribution in [3.05, 3.63) is 46.3 Å². The van der Waals surface area contributed by atoms with E-state index in [0.29, 0.717) is 30.6 Å². The molecule has 35 heavy (non-hydrogen) atoms. The average Bonchev–Trinajstić information content (AvgIpc) is 2.88. The first-order valence-corrected chi connectivity index (χ1v) is 13.2. The second kappa shape index (κ2) is 11.6. The number of benzene rings is 1. The predicted octanol–water partition coefficient (Wildman–Crippen LogP) is 8.46. The van der Waals surface area contributed by atoms with Gasteiger partial charge >= 0.3 is 5.97 Å². The summed E-state index contributed by atoms with van der Waals surface area (Å²) in [6, 6.07) is 0. The minimum atomic E-state index is -2.29. The summed E-state index contributed by atoms with van der Waals surface area (Å²) in [6.07, 6.45) is 14.2. The van der Waals surface area contributed by atoms with Crippen molar-refractivity contribution in [3.63, 3.8) is 0 Å². The van der Waals surface area contributed by atoms with Crippen molar-refractivity contribution in [2.75, 3.05) is 0 Å². The Hall–Kier alpha value is -1.63. The van der Waals surface area contributed by atoms with Crippen LogP contribution in [-0.4, -0.2) is 12.1 Å². The molecule has 0 unspecified atom stereocenters. The van der Waals surface area contributed by atoms with E-state index < -0.39 is 46.7 Å². The number of hydrogen-bond donors (Lipinski definition) is 0. The number of carbonyl (C=O) groups excluding carboxylic acids is 1. The van der Waals surface area contributed by atoms with Crippen LogP contribution in [0.5, 0.6) is 0 Å². The number of esters is 1. The maximum Gasteiger partial charge on any atom is 0.344 e. The summed E-state index contributed by atoms with van der Waals surface area (Å²) in [4.78, 5) is 12.2. The lowest BCUT2D eigenvalue weighted by atomic mass is 9.65. The lowest BCUT2D eigenvalue weighted by molar-refractivity contribution is 0.00890. The maximum absolute atomic E-state index is 13.9. The molecule has 3 aliphatic carbocycles. The van der Waals surface area contributed by atoms with E-state index in [1.54, 1.807) is 5.54 Å². The molecule has 0 atom stereocenters. The molecule has 4 rings (SSSR count). The molecule has 0 bridgehead atoms. The van der Waals surface area contributed by atoms with Crippen LogP contribution in [0.1, 0.15) is 87.4 Å². The van der Waals surface area contributed by atoms with Gasteiger partial charge in [0.15, 0.2) is 23.3 Å². The molecule has 0 saturated heterocycles. The molecule has 2 nitrogen and oxygen atoms in total. The summed E-state index contributed by atoms with van der Waals surface area (Å²) in [5, 5.41) is 0. The molecule has 194 valence electrons. The molecule has 3 fully saturated rings. The Bertz CT molecular complexity index is 899. The van der Waals surface area contributed by atoms with E-state index in [1.165, 1.54) is 51.4 Å². The summed E-state index contributed by atoms with van der Waals surface area (Å²) >= 11 is 5.73. The molecule has 0 amide bonds. The second-order valence-electron chi connectivity index (χ2n) is 10.6. The van der Waals surface area contributed by atoms with Gasteiger partial charge in [-0.1, -0.05) is 17.7 Å². The largest absolute Gasteiger partial charge is 0.459 e. The SMILES string of the molecule is O=C(OC1CCC(C2CCC(C3CCC(/C=C/Cl)CC3)CC2)CC1)c1c(F)c(F)c(F)c(F)c1F. The Labute approximate surface area is 208 Å². The molecule has 0 aliphatic heterocycles. The highest BCUT2D eigenvalue weighted by Crippen LogP contribution is 2.45. The highest BCUT2D eigenvalue weighted by atomic mass is 35.5. The van der Waals surface area contributed by atoms with Gasteiger partial charge in [-0.2, -0.15) is 0 Å². The third kappa shape index (κ3) is 5.86. The fourth-order valence-electron chi connectivity index (χ4n) is 6.67. The van der Waals surface area contributed by atoms with Crippen LogP contribution in [-0.2, 0) is 4.74 Å². The van der Waals surface area contributed by atoms with Crippen molar-refractivity contribution >= 4 is 17.6 Å². The van der Waals surface area contributed by atoms with Crippen LogP contribution in [0, 0.1) is 58.7 Å². The number of carbonyl (C=O) groups is 1. The monoisotopic (exact) mass is 518 g/mol. The van der Waals surface area contributed by atoms with Crippen molar-refractivity contribution in [2.45, 2.75) is 83.2 Å². The minimum absolute atomic E-state index is 0.518.